The van der Waals surface area contributed by atoms with Crippen molar-refractivity contribution < 1.29 is 0 Å². The number of hydrogen-bond acceptors (Lipinski definition) is 4. The van der Waals surface area contributed by atoms with E-state index in [0.717, 1.165) is 43.5 Å². The molecule has 4 aromatic rings. The Bertz CT molecular complexity index is 1160. The Morgan fingerprint density at radius 1 is 1.09 bits per heavy atom. The van der Waals surface area contributed by atoms with Crippen LogP contribution in [0.4, 0.5) is 0 Å². The highest BCUT2D eigenvalue weighted by molar-refractivity contribution is 14.0. The Kier molecular flexibility index (Phi) is 8.68. The topological polar surface area (TPSA) is 82.9 Å². The largest absolute Gasteiger partial charge is 0.361 e. The van der Waals surface area contributed by atoms with Crippen LogP contribution in [0, 0.1) is 13.8 Å². The highest BCUT2D eigenvalue weighted by Crippen LogP contribution is 2.21. The lowest BCUT2D eigenvalue weighted by Crippen LogP contribution is -2.39. The number of hydrogen-bond donors (Lipinski definition) is 3. The first-order chi connectivity index (χ1) is 15.1. The molecule has 0 aliphatic rings. The van der Waals surface area contributed by atoms with Crippen LogP contribution in [-0.2, 0) is 26.4 Å². The van der Waals surface area contributed by atoms with Gasteiger partial charge in [-0.1, -0.05) is 24.3 Å². The number of nitrogens with one attached hydrogen (secondary N) is 3. The minimum Gasteiger partial charge on any atom is -0.361 e. The van der Waals surface area contributed by atoms with Crippen molar-refractivity contribution in [2.75, 3.05) is 13.1 Å². The first-order valence-electron chi connectivity index (χ1n) is 10.6. The van der Waals surface area contributed by atoms with Crippen LogP contribution in [0.5, 0.6) is 0 Å². The number of thiophene rings is 1. The molecule has 0 amide bonds. The number of rotatable bonds is 8. The maximum atomic E-state index is 4.75. The Balaban J connectivity index is 0.00000289. The number of fused-ring (bicyclic) bond motifs is 1. The fourth-order valence-corrected chi connectivity index (χ4v) is 4.27. The Hall–Kier alpha value is -2.40. The van der Waals surface area contributed by atoms with Crippen LogP contribution in [0.3, 0.4) is 0 Å². The first kappa shape index (κ1) is 24.2. The molecule has 0 unspecified atom stereocenters. The molecule has 9 heteroatoms. The molecule has 7 nitrogen and oxygen atoms in total. The maximum Gasteiger partial charge on any atom is 0.191 e. The summed E-state index contributed by atoms with van der Waals surface area (Å²) in [5.41, 5.74) is 3.80. The fraction of sp³-hybridized carbons (Fsp3) is 0.348. The molecule has 0 atom stereocenters. The normalized spacial score (nSPS) is 11.5. The maximum absolute atomic E-state index is 4.75. The van der Waals surface area contributed by atoms with Crippen molar-refractivity contribution in [1.82, 2.24) is 30.4 Å². The van der Waals surface area contributed by atoms with Crippen molar-refractivity contribution >= 4 is 52.2 Å². The van der Waals surface area contributed by atoms with Gasteiger partial charge in [-0.15, -0.1) is 45.5 Å². The number of guanidine groups is 1. The summed E-state index contributed by atoms with van der Waals surface area (Å²) < 4.78 is 1.97. The van der Waals surface area contributed by atoms with E-state index in [1.54, 1.807) is 11.3 Å². The Morgan fingerprint density at radius 2 is 1.91 bits per heavy atom. The number of nitrogens with zero attached hydrogens (tertiary/aromatic N) is 4. The number of H-pyrrole nitrogens is 1. The SMILES string of the molecule is Cc1cccc2c(CCNC(=NCc3nnc(C)n3C)NCCc3cccs3)c[nH]c12.I. The van der Waals surface area contributed by atoms with E-state index in [4.69, 9.17) is 4.99 Å². The molecule has 0 saturated heterocycles. The molecule has 1 aromatic carbocycles. The van der Waals surface area contributed by atoms with Crippen LogP contribution in [0.25, 0.3) is 10.9 Å². The molecule has 0 saturated carbocycles. The second-order valence-corrected chi connectivity index (χ2v) is 8.66. The van der Waals surface area contributed by atoms with Gasteiger partial charge in [0.15, 0.2) is 11.8 Å². The molecule has 170 valence electrons. The van der Waals surface area contributed by atoms with Crippen LogP contribution in [-0.4, -0.2) is 38.8 Å². The summed E-state index contributed by atoms with van der Waals surface area (Å²) in [6, 6.07) is 10.7. The fourth-order valence-electron chi connectivity index (χ4n) is 3.56. The van der Waals surface area contributed by atoms with Crippen molar-refractivity contribution in [3.05, 3.63) is 69.6 Å². The third kappa shape index (κ3) is 5.89. The van der Waals surface area contributed by atoms with Gasteiger partial charge in [0.1, 0.15) is 12.4 Å². The van der Waals surface area contributed by atoms with Gasteiger partial charge in [0.05, 0.1) is 0 Å². The summed E-state index contributed by atoms with van der Waals surface area (Å²) in [7, 11) is 1.97. The zero-order valence-electron chi connectivity index (χ0n) is 18.7. The van der Waals surface area contributed by atoms with Gasteiger partial charge in [-0.25, -0.2) is 4.99 Å². The molecular formula is C23H30IN7S. The summed E-state index contributed by atoms with van der Waals surface area (Å²) >= 11 is 1.78. The number of aliphatic imine (C=N–C) groups is 1. The molecule has 0 fully saturated rings. The molecule has 0 radical (unpaired) electrons. The van der Waals surface area contributed by atoms with Gasteiger partial charge < -0.3 is 20.2 Å². The second-order valence-electron chi connectivity index (χ2n) is 7.63. The van der Waals surface area contributed by atoms with Crippen molar-refractivity contribution in [2.24, 2.45) is 12.0 Å². The van der Waals surface area contributed by atoms with Gasteiger partial charge >= 0.3 is 0 Å². The molecule has 0 aliphatic carbocycles. The zero-order valence-corrected chi connectivity index (χ0v) is 21.8. The van der Waals surface area contributed by atoms with E-state index in [1.807, 2.05) is 18.5 Å². The lowest BCUT2D eigenvalue weighted by molar-refractivity contribution is 0.747. The second kappa shape index (κ2) is 11.5. The van der Waals surface area contributed by atoms with Crippen LogP contribution in [0.15, 0.2) is 46.9 Å². The monoisotopic (exact) mass is 563 g/mol. The zero-order chi connectivity index (χ0) is 21.6. The minimum atomic E-state index is 0. The van der Waals surface area contributed by atoms with Crippen LogP contribution < -0.4 is 10.6 Å². The summed E-state index contributed by atoms with van der Waals surface area (Å²) in [5.74, 6) is 2.54. The smallest absolute Gasteiger partial charge is 0.191 e. The summed E-state index contributed by atoms with van der Waals surface area (Å²) in [6.45, 7) is 6.19. The standard InChI is InChI=1S/C23H29N7S.HI/c1-16-6-4-8-20-18(14-26-22(16)20)9-11-24-23(25-12-10-19-7-5-13-31-19)27-15-21-29-28-17(2)30(21)3;/h4-8,13-14,26H,9-12,15H2,1-3H3,(H2,24,25,27);1H. The van der Waals surface area contributed by atoms with Gasteiger partial charge in [-0.3, -0.25) is 0 Å². The van der Waals surface area contributed by atoms with Crippen LogP contribution in [0.2, 0.25) is 0 Å². The van der Waals surface area contributed by atoms with Gasteiger partial charge in [-0.05, 0) is 49.3 Å². The molecule has 4 rings (SSSR count). The summed E-state index contributed by atoms with van der Waals surface area (Å²) in [4.78, 5) is 9.52. The lowest BCUT2D eigenvalue weighted by atomic mass is 10.1. The van der Waals surface area contributed by atoms with E-state index in [0.29, 0.717) is 6.54 Å². The molecular weight excluding hydrogens is 533 g/mol. The van der Waals surface area contributed by atoms with E-state index in [9.17, 15) is 0 Å². The predicted molar refractivity (Wildman–Crippen MR) is 143 cm³/mol. The summed E-state index contributed by atoms with van der Waals surface area (Å²) in [6.07, 6.45) is 4.00. The van der Waals surface area contributed by atoms with Gasteiger partial charge in [0.25, 0.3) is 0 Å². The van der Waals surface area contributed by atoms with Gasteiger partial charge in [0, 0.05) is 42.1 Å². The highest BCUT2D eigenvalue weighted by Gasteiger charge is 2.08. The van der Waals surface area contributed by atoms with Crippen molar-refractivity contribution in [1.29, 1.82) is 0 Å². The Labute approximate surface area is 209 Å². The van der Waals surface area contributed by atoms with E-state index in [1.165, 1.54) is 26.9 Å². The molecule has 3 N–H and O–H groups in total. The molecule has 0 spiro atoms. The van der Waals surface area contributed by atoms with Crippen molar-refractivity contribution in [2.45, 2.75) is 33.2 Å². The lowest BCUT2D eigenvalue weighted by Gasteiger charge is -2.12. The third-order valence-corrected chi connectivity index (χ3v) is 6.44. The van der Waals surface area contributed by atoms with Gasteiger partial charge in [-0.2, -0.15) is 0 Å². The predicted octanol–water partition coefficient (Wildman–Crippen LogP) is 4.11. The molecule has 3 aromatic heterocycles. The van der Waals surface area contributed by atoms with E-state index in [2.05, 4.69) is 74.6 Å². The van der Waals surface area contributed by atoms with Gasteiger partial charge in [0.2, 0.25) is 0 Å². The third-order valence-electron chi connectivity index (χ3n) is 5.50. The number of benzene rings is 1. The van der Waals surface area contributed by atoms with Crippen LogP contribution in [0.1, 0.15) is 27.7 Å². The Morgan fingerprint density at radius 3 is 2.62 bits per heavy atom. The number of aryl methyl sites for hydroxylation is 2. The average Bonchev–Trinajstić information content (AvgIpc) is 3.49. The molecule has 0 bridgehead atoms. The van der Waals surface area contributed by atoms with Crippen LogP contribution >= 0.6 is 35.3 Å². The number of aromatic nitrogens is 4. The summed E-state index contributed by atoms with van der Waals surface area (Å²) in [5, 5.41) is 18.7. The molecule has 0 aliphatic heterocycles. The number of aromatic amines is 1. The minimum absolute atomic E-state index is 0. The first-order valence-corrected chi connectivity index (χ1v) is 11.4. The van der Waals surface area contributed by atoms with E-state index >= 15 is 0 Å². The molecule has 32 heavy (non-hydrogen) atoms. The quantitative estimate of drug-likeness (QED) is 0.171. The highest BCUT2D eigenvalue weighted by atomic mass is 127. The van der Waals surface area contributed by atoms with Crippen molar-refractivity contribution in [3.8, 4) is 0 Å². The number of para-hydroxylation sites is 1. The number of halogens is 1. The van der Waals surface area contributed by atoms with E-state index in [-0.39, 0.29) is 24.0 Å². The molecule has 3 heterocycles. The van der Waals surface area contributed by atoms with E-state index < -0.39 is 0 Å². The van der Waals surface area contributed by atoms with Crippen molar-refractivity contribution in [3.63, 3.8) is 0 Å². The average molecular weight is 564 g/mol.